The molecule has 2 aliphatic rings. The van der Waals surface area contributed by atoms with E-state index in [2.05, 4.69) is 5.43 Å². The highest BCUT2D eigenvalue weighted by Crippen LogP contribution is 2.17. The SMILES string of the molecule is O=C(NN1CCCCCC1)C1CCCN1C(=O)O. The standard InChI is InChI=1S/C12H21N3O3/c16-11(10-6-5-9-15(10)12(17)18)13-14-7-3-1-2-4-8-14/h10H,1-9H2,(H,13,16)(H,17,18). The van der Waals surface area contributed by atoms with Crippen LogP contribution in [0.5, 0.6) is 0 Å². The summed E-state index contributed by atoms with van der Waals surface area (Å²) in [6, 6.07) is -0.509. The van der Waals surface area contributed by atoms with Crippen molar-refractivity contribution < 1.29 is 14.7 Å². The van der Waals surface area contributed by atoms with Gasteiger partial charge in [-0.3, -0.25) is 15.1 Å². The van der Waals surface area contributed by atoms with Crippen molar-refractivity contribution in [1.82, 2.24) is 15.3 Å². The Morgan fingerprint density at radius 1 is 1.00 bits per heavy atom. The number of hydrazine groups is 1. The molecule has 0 aliphatic carbocycles. The third-order valence-corrected chi connectivity index (χ3v) is 3.68. The Bertz CT molecular complexity index is 314. The highest BCUT2D eigenvalue weighted by Gasteiger charge is 2.34. The summed E-state index contributed by atoms with van der Waals surface area (Å²) in [5.41, 5.74) is 2.88. The molecule has 0 spiro atoms. The Kier molecular flexibility index (Phi) is 4.41. The predicted octanol–water partition coefficient (Wildman–Crippen LogP) is 1.04. The van der Waals surface area contributed by atoms with E-state index >= 15 is 0 Å². The first kappa shape index (κ1) is 13.1. The van der Waals surface area contributed by atoms with E-state index < -0.39 is 12.1 Å². The zero-order valence-corrected chi connectivity index (χ0v) is 10.6. The molecule has 2 amide bonds. The van der Waals surface area contributed by atoms with Gasteiger partial charge in [-0.1, -0.05) is 12.8 Å². The number of rotatable bonds is 2. The number of hydrogen-bond acceptors (Lipinski definition) is 3. The quantitative estimate of drug-likeness (QED) is 0.773. The summed E-state index contributed by atoms with van der Waals surface area (Å²) in [6.45, 7) is 2.20. The van der Waals surface area contributed by atoms with Crippen LogP contribution in [0.4, 0.5) is 4.79 Å². The Labute approximate surface area is 107 Å². The second kappa shape index (κ2) is 6.04. The van der Waals surface area contributed by atoms with Gasteiger partial charge in [-0.05, 0) is 25.7 Å². The van der Waals surface area contributed by atoms with E-state index in [4.69, 9.17) is 5.11 Å². The Morgan fingerprint density at radius 3 is 2.28 bits per heavy atom. The number of carbonyl (C=O) groups excluding carboxylic acids is 1. The minimum atomic E-state index is -0.997. The molecular formula is C12H21N3O3. The molecule has 2 aliphatic heterocycles. The highest BCUT2D eigenvalue weighted by molar-refractivity contribution is 5.85. The van der Waals surface area contributed by atoms with E-state index in [9.17, 15) is 9.59 Å². The lowest BCUT2D eigenvalue weighted by atomic mass is 10.2. The topological polar surface area (TPSA) is 72.9 Å². The average Bonchev–Trinajstić information content (AvgIpc) is 2.70. The Morgan fingerprint density at radius 2 is 1.67 bits per heavy atom. The highest BCUT2D eigenvalue weighted by atomic mass is 16.4. The Hall–Kier alpha value is -1.30. The van der Waals surface area contributed by atoms with Crippen LogP contribution in [0.25, 0.3) is 0 Å². The predicted molar refractivity (Wildman–Crippen MR) is 65.9 cm³/mol. The monoisotopic (exact) mass is 255 g/mol. The van der Waals surface area contributed by atoms with Crippen molar-refractivity contribution >= 4 is 12.0 Å². The number of nitrogens with one attached hydrogen (secondary N) is 1. The third-order valence-electron chi connectivity index (χ3n) is 3.68. The van der Waals surface area contributed by atoms with Crippen LogP contribution < -0.4 is 5.43 Å². The first-order valence-electron chi connectivity index (χ1n) is 6.73. The minimum absolute atomic E-state index is 0.170. The van der Waals surface area contributed by atoms with E-state index in [1.165, 1.54) is 17.7 Å². The van der Waals surface area contributed by atoms with Crippen LogP contribution in [0.1, 0.15) is 38.5 Å². The summed E-state index contributed by atoms with van der Waals surface area (Å²) in [5, 5.41) is 11.0. The van der Waals surface area contributed by atoms with E-state index in [-0.39, 0.29) is 5.91 Å². The zero-order valence-electron chi connectivity index (χ0n) is 10.6. The Balaban J connectivity index is 1.88. The third kappa shape index (κ3) is 3.13. The first-order chi connectivity index (χ1) is 8.68. The van der Waals surface area contributed by atoms with Crippen LogP contribution in [0.15, 0.2) is 0 Å². The maximum Gasteiger partial charge on any atom is 0.407 e. The summed E-state index contributed by atoms with van der Waals surface area (Å²) in [7, 11) is 0. The van der Waals surface area contributed by atoms with Crippen LogP contribution in [0.3, 0.4) is 0 Å². The van der Waals surface area contributed by atoms with E-state index in [0.717, 1.165) is 32.4 Å². The maximum absolute atomic E-state index is 12.1. The van der Waals surface area contributed by atoms with Crippen molar-refractivity contribution in [2.75, 3.05) is 19.6 Å². The molecule has 6 nitrogen and oxygen atoms in total. The van der Waals surface area contributed by atoms with Crippen molar-refractivity contribution in [2.24, 2.45) is 0 Å². The van der Waals surface area contributed by atoms with Crippen LogP contribution in [0.2, 0.25) is 0 Å². The minimum Gasteiger partial charge on any atom is -0.465 e. The van der Waals surface area contributed by atoms with Gasteiger partial charge in [0.1, 0.15) is 6.04 Å². The number of likely N-dealkylation sites (tertiary alicyclic amines) is 1. The summed E-state index contributed by atoms with van der Waals surface area (Å²) in [4.78, 5) is 24.3. The van der Waals surface area contributed by atoms with Crippen molar-refractivity contribution in [3.63, 3.8) is 0 Å². The molecule has 0 radical (unpaired) electrons. The van der Waals surface area contributed by atoms with Gasteiger partial charge in [0.25, 0.3) is 5.91 Å². The molecule has 2 N–H and O–H groups in total. The van der Waals surface area contributed by atoms with Gasteiger partial charge in [0.2, 0.25) is 0 Å². The van der Waals surface area contributed by atoms with Gasteiger partial charge in [0, 0.05) is 19.6 Å². The lowest BCUT2D eigenvalue weighted by molar-refractivity contribution is -0.130. The molecular weight excluding hydrogens is 234 g/mol. The summed E-state index contributed by atoms with van der Waals surface area (Å²) < 4.78 is 0. The van der Waals surface area contributed by atoms with Gasteiger partial charge in [-0.15, -0.1) is 0 Å². The van der Waals surface area contributed by atoms with Crippen molar-refractivity contribution in [1.29, 1.82) is 0 Å². The molecule has 0 bridgehead atoms. The molecule has 0 aromatic rings. The van der Waals surface area contributed by atoms with Crippen LogP contribution in [-0.2, 0) is 4.79 Å². The lowest BCUT2D eigenvalue weighted by Crippen LogP contribution is -2.51. The van der Waals surface area contributed by atoms with Gasteiger partial charge in [0.05, 0.1) is 0 Å². The summed E-state index contributed by atoms with van der Waals surface area (Å²) in [6.07, 6.45) is 4.99. The maximum atomic E-state index is 12.1. The number of carbonyl (C=O) groups is 2. The molecule has 1 unspecified atom stereocenters. The van der Waals surface area contributed by atoms with Crippen molar-refractivity contribution in [2.45, 2.75) is 44.6 Å². The van der Waals surface area contributed by atoms with E-state index in [1.807, 2.05) is 5.01 Å². The van der Waals surface area contributed by atoms with Gasteiger partial charge in [-0.2, -0.15) is 0 Å². The molecule has 6 heteroatoms. The molecule has 1 atom stereocenters. The van der Waals surface area contributed by atoms with Gasteiger partial charge < -0.3 is 5.11 Å². The average molecular weight is 255 g/mol. The fraction of sp³-hybridized carbons (Fsp3) is 0.833. The lowest BCUT2D eigenvalue weighted by Gasteiger charge is -2.26. The second-order valence-corrected chi connectivity index (χ2v) is 5.01. The molecule has 2 heterocycles. The van der Waals surface area contributed by atoms with Crippen LogP contribution in [-0.4, -0.2) is 52.7 Å². The number of carboxylic acid groups (broad SMARTS) is 1. The smallest absolute Gasteiger partial charge is 0.407 e. The summed E-state index contributed by atoms with van der Waals surface area (Å²) in [5.74, 6) is -0.170. The molecule has 0 aromatic heterocycles. The van der Waals surface area contributed by atoms with Crippen molar-refractivity contribution in [3.05, 3.63) is 0 Å². The molecule has 2 rings (SSSR count). The zero-order chi connectivity index (χ0) is 13.0. The van der Waals surface area contributed by atoms with Gasteiger partial charge >= 0.3 is 6.09 Å². The fourth-order valence-electron chi connectivity index (χ4n) is 2.68. The van der Waals surface area contributed by atoms with Crippen LogP contribution >= 0.6 is 0 Å². The van der Waals surface area contributed by atoms with Crippen LogP contribution in [0, 0.1) is 0 Å². The molecule has 2 saturated heterocycles. The normalized spacial score (nSPS) is 25.8. The number of nitrogens with zero attached hydrogens (tertiary/aromatic N) is 2. The fourth-order valence-corrected chi connectivity index (χ4v) is 2.68. The number of amides is 2. The van der Waals surface area contributed by atoms with E-state index in [0.29, 0.717) is 13.0 Å². The first-order valence-corrected chi connectivity index (χ1v) is 6.73. The molecule has 2 fully saturated rings. The summed E-state index contributed by atoms with van der Waals surface area (Å²) >= 11 is 0. The molecule has 0 aromatic carbocycles. The molecule has 0 saturated carbocycles. The van der Waals surface area contributed by atoms with Crippen molar-refractivity contribution in [3.8, 4) is 0 Å². The van der Waals surface area contributed by atoms with Gasteiger partial charge in [-0.25, -0.2) is 9.80 Å². The number of hydrogen-bond donors (Lipinski definition) is 2. The second-order valence-electron chi connectivity index (χ2n) is 5.01. The molecule has 102 valence electrons. The van der Waals surface area contributed by atoms with Gasteiger partial charge in [0.15, 0.2) is 0 Å². The largest absolute Gasteiger partial charge is 0.465 e. The molecule has 18 heavy (non-hydrogen) atoms. The van der Waals surface area contributed by atoms with E-state index in [1.54, 1.807) is 0 Å².